The third-order valence-electron chi connectivity index (χ3n) is 3.71. The maximum absolute atomic E-state index is 11.9. The summed E-state index contributed by atoms with van der Waals surface area (Å²) in [5, 5.41) is 2.88. The van der Waals surface area contributed by atoms with E-state index in [2.05, 4.69) is 20.2 Å². The van der Waals surface area contributed by atoms with Gasteiger partial charge in [-0.15, -0.1) is 0 Å². The van der Waals surface area contributed by atoms with Gasteiger partial charge in [-0.2, -0.15) is 0 Å². The Balaban J connectivity index is 1.66. The molecule has 2 aliphatic rings. The molecule has 1 saturated heterocycles. The number of amides is 1. The van der Waals surface area contributed by atoms with Crippen molar-refractivity contribution in [3.05, 3.63) is 12.4 Å². The van der Waals surface area contributed by atoms with Crippen LogP contribution in [0.25, 0.3) is 0 Å². The Hall–Kier alpha value is -1.69. The molecule has 0 unspecified atom stereocenters. The first-order valence-electron chi connectivity index (χ1n) is 6.78. The maximum Gasteiger partial charge on any atom is 0.228 e. The van der Waals surface area contributed by atoms with Gasteiger partial charge in [0.05, 0.1) is 13.2 Å². The Bertz CT molecular complexity index is 456. The van der Waals surface area contributed by atoms with Gasteiger partial charge in [-0.25, -0.2) is 9.97 Å². The van der Waals surface area contributed by atoms with Gasteiger partial charge in [0.2, 0.25) is 5.91 Å². The highest BCUT2D eigenvalue weighted by molar-refractivity contribution is 5.92. The number of hydrogen-bond acceptors (Lipinski definition) is 5. The number of nitrogens with one attached hydrogen (secondary N) is 1. The molecular formula is C13H18N4O2. The van der Waals surface area contributed by atoms with Crippen molar-refractivity contribution >= 4 is 17.5 Å². The average molecular weight is 262 g/mol. The molecule has 1 saturated carbocycles. The molecule has 1 aliphatic carbocycles. The Kier molecular flexibility index (Phi) is 3.59. The number of carbonyl (C=O) groups excluding carboxylic acids is 1. The van der Waals surface area contributed by atoms with Gasteiger partial charge < -0.3 is 15.0 Å². The SMILES string of the molecule is O=C(Nc1cc(N2CCOCC2)ncn1)C1CCC1. The number of aromatic nitrogens is 2. The molecule has 1 N–H and O–H groups in total. The minimum absolute atomic E-state index is 0.0814. The first kappa shape index (κ1) is 12.3. The quantitative estimate of drug-likeness (QED) is 0.882. The zero-order valence-electron chi connectivity index (χ0n) is 10.8. The molecule has 2 fully saturated rings. The number of nitrogens with zero attached hydrogens (tertiary/aromatic N) is 3. The molecule has 0 atom stereocenters. The third-order valence-corrected chi connectivity index (χ3v) is 3.71. The van der Waals surface area contributed by atoms with E-state index in [9.17, 15) is 4.79 Å². The number of carbonyl (C=O) groups is 1. The summed E-state index contributed by atoms with van der Waals surface area (Å²) in [6.07, 6.45) is 4.64. The summed E-state index contributed by atoms with van der Waals surface area (Å²) in [4.78, 5) is 22.4. The molecule has 0 aromatic carbocycles. The molecular weight excluding hydrogens is 244 g/mol. The second-order valence-corrected chi connectivity index (χ2v) is 4.98. The Labute approximate surface area is 112 Å². The highest BCUT2D eigenvalue weighted by Crippen LogP contribution is 2.27. The van der Waals surface area contributed by atoms with Gasteiger partial charge >= 0.3 is 0 Å². The van der Waals surface area contributed by atoms with Crippen molar-refractivity contribution in [2.75, 3.05) is 36.5 Å². The standard InChI is InChI=1S/C13H18N4O2/c18-13(10-2-1-3-10)16-11-8-12(15-9-14-11)17-4-6-19-7-5-17/h8-10H,1-7H2,(H,14,15,16,18). The lowest BCUT2D eigenvalue weighted by molar-refractivity contribution is -0.122. The number of ether oxygens (including phenoxy) is 1. The van der Waals surface area contributed by atoms with E-state index in [-0.39, 0.29) is 11.8 Å². The van der Waals surface area contributed by atoms with Crippen LogP contribution in [0, 0.1) is 5.92 Å². The Morgan fingerprint density at radius 1 is 1.32 bits per heavy atom. The third kappa shape index (κ3) is 2.84. The molecule has 2 heterocycles. The molecule has 19 heavy (non-hydrogen) atoms. The van der Waals surface area contributed by atoms with Gasteiger partial charge in [-0.3, -0.25) is 4.79 Å². The van der Waals surface area contributed by atoms with Crippen molar-refractivity contribution in [3.63, 3.8) is 0 Å². The molecule has 1 amide bonds. The zero-order valence-corrected chi connectivity index (χ0v) is 10.8. The highest BCUT2D eigenvalue weighted by Gasteiger charge is 2.25. The summed E-state index contributed by atoms with van der Waals surface area (Å²) in [5.41, 5.74) is 0. The van der Waals surface area contributed by atoms with Crippen LogP contribution in [0.4, 0.5) is 11.6 Å². The minimum atomic E-state index is 0.0814. The van der Waals surface area contributed by atoms with Crippen molar-refractivity contribution in [1.29, 1.82) is 0 Å². The summed E-state index contributed by atoms with van der Waals surface area (Å²) in [5.74, 6) is 1.69. The van der Waals surface area contributed by atoms with E-state index in [0.717, 1.165) is 38.2 Å². The predicted octanol–water partition coefficient (Wildman–Crippen LogP) is 1.05. The smallest absolute Gasteiger partial charge is 0.228 e. The molecule has 1 aromatic rings. The van der Waals surface area contributed by atoms with Crippen LogP contribution in [0.15, 0.2) is 12.4 Å². The van der Waals surface area contributed by atoms with Crippen LogP contribution in [0.3, 0.4) is 0 Å². The molecule has 0 bridgehead atoms. The first-order valence-corrected chi connectivity index (χ1v) is 6.78. The zero-order chi connectivity index (χ0) is 13.1. The van der Waals surface area contributed by atoms with Crippen molar-refractivity contribution in [2.45, 2.75) is 19.3 Å². The maximum atomic E-state index is 11.9. The minimum Gasteiger partial charge on any atom is -0.378 e. The van der Waals surface area contributed by atoms with Crippen LogP contribution in [0.5, 0.6) is 0 Å². The van der Waals surface area contributed by atoms with E-state index in [1.54, 1.807) is 0 Å². The van der Waals surface area contributed by atoms with Crippen molar-refractivity contribution < 1.29 is 9.53 Å². The van der Waals surface area contributed by atoms with Crippen LogP contribution in [-0.2, 0) is 9.53 Å². The summed E-state index contributed by atoms with van der Waals surface area (Å²) in [6.45, 7) is 3.08. The summed E-state index contributed by atoms with van der Waals surface area (Å²) in [7, 11) is 0. The summed E-state index contributed by atoms with van der Waals surface area (Å²) in [6, 6.07) is 1.84. The molecule has 1 aromatic heterocycles. The topological polar surface area (TPSA) is 67.4 Å². The molecule has 102 valence electrons. The van der Waals surface area contributed by atoms with Crippen LogP contribution in [0.1, 0.15) is 19.3 Å². The van der Waals surface area contributed by atoms with Gasteiger partial charge in [0.25, 0.3) is 0 Å². The molecule has 6 nitrogen and oxygen atoms in total. The molecule has 3 rings (SSSR count). The number of morpholine rings is 1. The van der Waals surface area contributed by atoms with E-state index in [1.165, 1.54) is 6.33 Å². The fourth-order valence-electron chi connectivity index (χ4n) is 2.28. The van der Waals surface area contributed by atoms with Crippen molar-refractivity contribution in [2.24, 2.45) is 5.92 Å². The normalized spacial score (nSPS) is 19.9. The van der Waals surface area contributed by atoms with Crippen LogP contribution in [0.2, 0.25) is 0 Å². The lowest BCUT2D eigenvalue weighted by atomic mass is 9.85. The lowest BCUT2D eigenvalue weighted by Gasteiger charge is -2.28. The monoisotopic (exact) mass is 262 g/mol. The summed E-state index contributed by atoms with van der Waals surface area (Å²) >= 11 is 0. The second-order valence-electron chi connectivity index (χ2n) is 4.98. The molecule has 0 radical (unpaired) electrons. The second kappa shape index (κ2) is 5.52. The van der Waals surface area contributed by atoms with Crippen LogP contribution < -0.4 is 10.2 Å². The molecule has 6 heteroatoms. The molecule has 1 aliphatic heterocycles. The number of rotatable bonds is 3. The van der Waals surface area contributed by atoms with Gasteiger partial charge in [0.1, 0.15) is 18.0 Å². The largest absolute Gasteiger partial charge is 0.378 e. The Morgan fingerprint density at radius 2 is 2.11 bits per heavy atom. The van der Waals surface area contributed by atoms with Crippen molar-refractivity contribution in [3.8, 4) is 0 Å². The van der Waals surface area contributed by atoms with Gasteiger partial charge in [0.15, 0.2) is 0 Å². The average Bonchev–Trinajstić information content (AvgIpc) is 2.38. The fourth-order valence-corrected chi connectivity index (χ4v) is 2.28. The highest BCUT2D eigenvalue weighted by atomic mass is 16.5. The van der Waals surface area contributed by atoms with E-state index < -0.39 is 0 Å². The Morgan fingerprint density at radius 3 is 2.79 bits per heavy atom. The molecule has 0 spiro atoms. The van der Waals surface area contributed by atoms with E-state index in [4.69, 9.17) is 4.74 Å². The fraction of sp³-hybridized carbons (Fsp3) is 0.615. The lowest BCUT2D eigenvalue weighted by Crippen LogP contribution is -2.37. The van der Waals surface area contributed by atoms with E-state index in [0.29, 0.717) is 19.0 Å². The predicted molar refractivity (Wildman–Crippen MR) is 71.0 cm³/mol. The van der Waals surface area contributed by atoms with E-state index in [1.807, 2.05) is 6.07 Å². The number of hydrogen-bond donors (Lipinski definition) is 1. The van der Waals surface area contributed by atoms with E-state index >= 15 is 0 Å². The number of anilines is 2. The van der Waals surface area contributed by atoms with Gasteiger partial charge in [-0.1, -0.05) is 6.42 Å². The first-order chi connectivity index (χ1) is 9.33. The van der Waals surface area contributed by atoms with Gasteiger partial charge in [-0.05, 0) is 12.8 Å². The summed E-state index contributed by atoms with van der Waals surface area (Å²) < 4.78 is 5.31. The van der Waals surface area contributed by atoms with Crippen LogP contribution in [-0.4, -0.2) is 42.2 Å². The van der Waals surface area contributed by atoms with Gasteiger partial charge in [0, 0.05) is 25.1 Å². The van der Waals surface area contributed by atoms with Crippen molar-refractivity contribution in [1.82, 2.24) is 9.97 Å². The van der Waals surface area contributed by atoms with Crippen LogP contribution >= 0.6 is 0 Å².